The summed E-state index contributed by atoms with van der Waals surface area (Å²) in [6, 6.07) is 0. The number of hydrogen-bond acceptors (Lipinski definition) is 4. The lowest BCUT2D eigenvalue weighted by Crippen LogP contribution is -2.50. The standard InChI is InChI=1S/C12H27NO5Si/c1-6-16-19(17-7-2,18-8-3)11(4)9-10-13(5)12(14)15/h11H,6-10H2,1-5H3,(H,14,15). The summed E-state index contributed by atoms with van der Waals surface area (Å²) in [5.41, 5.74) is 0.0640. The van der Waals surface area contributed by atoms with Crippen molar-refractivity contribution in [3.63, 3.8) is 0 Å². The predicted octanol–water partition coefficient (Wildman–Crippen LogP) is 2.42. The minimum atomic E-state index is -2.72. The lowest BCUT2D eigenvalue weighted by atomic mass is 10.3. The molecule has 0 radical (unpaired) electrons. The van der Waals surface area contributed by atoms with E-state index in [0.717, 1.165) is 0 Å². The molecule has 0 heterocycles. The van der Waals surface area contributed by atoms with Crippen molar-refractivity contribution in [2.45, 2.75) is 39.7 Å². The Labute approximate surface area is 117 Å². The third kappa shape index (κ3) is 5.90. The van der Waals surface area contributed by atoms with Gasteiger partial charge in [-0.2, -0.15) is 0 Å². The second-order valence-corrected chi connectivity index (χ2v) is 7.36. The Balaban J connectivity index is 4.67. The molecule has 0 aromatic rings. The van der Waals surface area contributed by atoms with Crippen molar-refractivity contribution < 1.29 is 23.2 Å². The molecule has 0 bridgehead atoms. The summed E-state index contributed by atoms with van der Waals surface area (Å²) >= 11 is 0. The van der Waals surface area contributed by atoms with Crippen molar-refractivity contribution >= 4 is 14.9 Å². The van der Waals surface area contributed by atoms with Gasteiger partial charge in [-0.3, -0.25) is 0 Å². The highest BCUT2D eigenvalue weighted by molar-refractivity contribution is 6.62. The minimum Gasteiger partial charge on any atom is -0.465 e. The van der Waals surface area contributed by atoms with Crippen molar-refractivity contribution in [3.05, 3.63) is 0 Å². The van der Waals surface area contributed by atoms with Crippen molar-refractivity contribution in [1.82, 2.24) is 4.90 Å². The van der Waals surface area contributed by atoms with Gasteiger partial charge in [0.25, 0.3) is 0 Å². The van der Waals surface area contributed by atoms with E-state index in [1.54, 1.807) is 7.05 Å². The number of hydrogen-bond donors (Lipinski definition) is 1. The molecule has 0 aromatic heterocycles. The molecular formula is C12H27NO5Si. The van der Waals surface area contributed by atoms with E-state index in [0.29, 0.717) is 32.8 Å². The lowest BCUT2D eigenvalue weighted by molar-refractivity contribution is 0.0603. The first-order chi connectivity index (χ1) is 8.93. The maximum atomic E-state index is 10.8. The minimum absolute atomic E-state index is 0.0640. The van der Waals surface area contributed by atoms with Gasteiger partial charge in [0.15, 0.2) is 0 Å². The fourth-order valence-corrected chi connectivity index (χ4v) is 4.61. The van der Waals surface area contributed by atoms with Gasteiger partial charge in [-0.05, 0) is 27.2 Å². The van der Waals surface area contributed by atoms with Crippen LogP contribution in [0.5, 0.6) is 0 Å². The Morgan fingerprint density at radius 3 is 1.89 bits per heavy atom. The first-order valence-corrected chi connectivity index (χ1v) is 8.59. The third-order valence-electron chi connectivity index (χ3n) is 2.86. The SMILES string of the molecule is CCO[Si](OCC)(OCC)C(C)CCN(C)C(=O)O. The highest BCUT2D eigenvalue weighted by Gasteiger charge is 2.46. The molecule has 0 aliphatic carbocycles. The molecule has 0 aliphatic rings. The predicted molar refractivity (Wildman–Crippen MR) is 75.3 cm³/mol. The molecule has 1 atom stereocenters. The zero-order valence-electron chi connectivity index (χ0n) is 12.6. The molecule has 1 unspecified atom stereocenters. The van der Waals surface area contributed by atoms with Gasteiger partial charge < -0.3 is 23.3 Å². The van der Waals surface area contributed by atoms with Crippen molar-refractivity contribution in [2.24, 2.45) is 0 Å². The van der Waals surface area contributed by atoms with E-state index in [1.165, 1.54) is 4.90 Å². The average molecular weight is 293 g/mol. The Morgan fingerprint density at radius 2 is 1.58 bits per heavy atom. The normalized spacial score (nSPS) is 13.3. The molecule has 1 amide bonds. The molecule has 114 valence electrons. The summed E-state index contributed by atoms with van der Waals surface area (Å²) in [5, 5.41) is 8.85. The zero-order valence-corrected chi connectivity index (χ0v) is 13.6. The van der Waals surface area contributed by atoms with Gasteiger partial charge in [0, 0.05) is 39.0 Å². The van der Waals surface area contributed by atoms with E-state index in [9.17, 15) is 4.79 Å². The van der Waals surface area contributed by atoms with Crippen LogP contribution in [0.3, 0.4) is 0 Å². The number of nitrogens with zero attached hydrogens (tertiary/aromatic N) is 1. The van der Waals surface area contributed by atoms with Crippen molar-refractivity contribution in [1.29, 1.82) is 0 Å². The molecule has 0 saturated carbocycles. The maximum Gasteiger partial charge on any atom is 0.503 e. The maximum absolute atomic E-state index is 10.8. The summed E-state index contributed by atoms with van der Waals surface area (Å²) in [7, 11) is -1.16. The van der Waals surface area contributed by atoms with Crippen LogP contribution in [0.2, 0.25) is 5.54 Å². The zero-order chi connectivity index (χ0) is 14.9. The van der Waals surface area contributed by atoms with Crippen LogP contribution in [-0.4, -0.2) is 58.3 Å². The van der Waals surface area contributed by atoms with Crippen LogP contribution in [0.1, 0.15) is 34.1 Å². The van der Waals surface area contributed by atoms with Crippen LogP contribution in [0.25, 0.3) is 0 Å². The molecule has 0 aliphatic heterocycles. The largest absolute Gasteiger partial charge is 0.503 e. The van der Waals surface area contributed by atoms with E-state index in [4.69, 9.17) is 18.4 Å². The average Bonchev–Trinajstić information content (AvgIpc) is 2.36. The fraction of sp³-hybridized carbons (Fsp3) is 0.917. The molecular weight excluding hydrogens is 266 g/mol. The smallest absolute Gasteiger partial charge is 0.465 e. The van der Waals surface area contributed by atoms with Crippen molar-refractivity contribution in [3.8, 4) is 0 Å². The first kappa shape index (κ1) is 18.4. The molecule has 19 heavy (non-hydrogen) atoms. The van der Waals surface area contributed by atoms with Gasteiger partial charge in [0.1, 0.15) is 0 Å². The molecule has 0 aromatic carbocycles. The second kappa shape index (κ2) is 9.30. The van der Waals surface area contributed by atoms with Gasteiger partial charge in [0.2, 0.25) is 0 Å². The van der Waals surface area contributed by atoms with Crippen LogP contribution >= 0.6 is 0 Å². The fourth-order valence-electron chi connectivity index (χ4n) is 1.82. The van der Waals surface area contributed by atoms with E-state index in [2.05, 4.69) is 0 Å². The summed E-state index contributed by atoms with van der Waals surface area (Å²) in [6.07, 6.45) is -0.265. The van der Waals surface area contributed by atoms with Crippen molar-refractivity contribution in [2.75, 3.05) is 33.4 Å². The molecule has 1 N–H and O–H groups in total. The van der Waals surface area contributed by atoms with Gasteiger partial charge in [-0.15, -0.1) is 0 Å². The molecule has 7 heteroatoms. The molecule has 0 spiro atoms. The van der Waals surface area contributed by atoms with Crippen LogP contribution in [0.4, 0.5) is 4.79 Å². The molecule has 0 rings (SSSR count). The Kier molecular flexibility index (Phi) is 8.99. The first-order valence-electron chi connectivity index (χ1n) is 6.79. The van der Waals surface area contributed by atoms with Crippen LogP contribution < -0.4 is 0 Å². The molecule has 0 saturated heterocycles. The van der Waals surface area contributed by atoms with E-state index < -0.39 is 14.9 Å². The Morgan fingerprint density at radius 1 is 1.16 bits per heavy atom. The summed E-state index contributed by atoms with van der Waals surface area (Å²) < 4.78 is 17.4. The Bertz CT molecular complexity index is 247. The highest BCUT2D eigenvalue weighted by Crippen LogP contribution is 2.28. The second-order valence-electron chi connectivity index (χ2n) is 4.30. The van der Waals surface area contributed by atoms with Gasteiger partial charge in [-0.25, -0.2) is 4.79 Å². The van der Waals surface area contributed by atoms with Crippen LogP contribution in [0.15, 0.2) is 0 Å². The van der Waals surface area contributed by atoms with E-state index in [-0.39, 0.29) is 5.54 Å². The molecule has 0 fully saturated rings. The van der Waals surface area contributed by atoms with Gasteiger partial charge >= 0.3 is 14.9 Å². The summed E-state index contributed by atoms with van der Waals surface area (Å²) in [4.78, 5) is 12.0. The summed E-state index contributed by atoms with van der Waals surface area (Å²) in [5.74, 6) is 0. The van der Waals surface area contributed by atoms with E-state index >= 15 is 0 Å². The van der Waals surface area contributed by atoms with Crippen LogP contribution in [0, 0.1) is 0 Å². The Hall–Kier alpha value is -0.633. The number of carboxylic acid groups (broad SMARTS) is 1. The lowest BCUT2D eigenvalue weighted by Gasteiger charge is -2.33. The van der Waals surface area contributed by atoms with Gasteiger partial charge in [0.05, 0.1) is 0 Å². The topological polar surface area (TPSA) is 68.2 Å². The van der Waals surface area contributed by atoms with Crippen LogP contribution in [-0.2, 0) is 13.3 Å². The molecule has 6 nitrogen and oxygen atoms in total. The monoisotopic (exact) mass is 293 g/mol. The quantitative estimate of drug-likeness (QED) is 0.627. The number of carbonyl (C=O) groups is 1. The number of amides is 1. The van der Waals surface area contributed by atoms with E-state index in [1.807, 2.05) is 27.7 Å². The number of rotatable bonds is 10. The third-order valence-corrected chi connectivity index (χ3v) is 6.43. The highest BCUT2D eigenvalue weighted by atomic mass is 28.4. The van der Waals surface area contributed by atoms with Gasteiger partial charge in [-0.1, -0.05) is 6.92 Å². The summed E-state index contributed by atoms with van der Waals surface area (Å²) in [6.45, 7) is 9.78.